The van der Waals surface area contributed by atoms with Gasteiger partial charge >= 0.3 is 60.7 Å². The molecule has 0 amide bonds. The average molecular weight is 104 g/mol. The topological polar surface area (TPSA) is 17.1 Å². The summed E-state index contributed by atoms with van der Waals surface area (Å²) in [5, 5.41) is 0. The van der Waals surface area contributed by atoms with Crippen molar-refractivity contribution < 1.29 is 7.33 Å². The summed E-state index contributed by atoms with van der Waals surface area (Å²) in [6.45, 7) is 0. The molecule has 0 N–H and O–H groups in total. The third kappa shape index (κ3) is 9.67. The molecule has 0 saturated heterocycles. The standard InChI is InChI=1S/Al.Ca.FH.O.2H/h;;1H;;;/q+1;;;;;/p-1. The van der Waals surface area contributed by atoms with Gasteiger partial charge in [-0.2, -0.15) is 0 Å². The number of rotatable bonds is 0. The van der Waals surface area contributed by atoms with E-state index in [9.17, 15) is 3.52 Å². The quantitative estimate of drug-likeness (QED) is 0.360. The molecule has 0 aromatic carbocycles. The number of hydrogen-bond acceptors (Lipinski definition) is 1. The van der Waals surface area contributed by atoms with Crippen molar-refractivity contribution in [2.75, 3.05) is 0 Å². The van der Waals surface area contributed by atoms with Gasteiger partial charge in [-0.25, -0.2) is 0 Å². The molecule has 20 valence electrons. The van der Waals surface area contributed by atoms with E-state index >= 15 is 0 Å². The molecular weight excluding hydrogens is 102 g/mol. The van der Waals surface area contributed by atoms with Crippen LogP contribution in [-0.2, 0) is 3.80 Å². The summed E-state index contributed by atoms with van der Waals surface area (Å²) in [4.78, 5) is 0. The Kier molecular flexibility index (Phi) is 20.1. The maximum absolute atomic E-state index is 9.82. The second-order valence-corrected chi connectivity index (χ2v) is 0.267. The van der Waals surface area contributed by atoms with Crippen LogP contribution in [0.15, 0.2) is 0 Å². The van der Waals surface area contributed by atoms with Crippen molar-refractivity contribution in [3.8, 4) is 0 Å². The summed E-state index contributed by atoms with van der Waals surface area (Å²) in [6, 6.07) is 0. The molecule has 0 aliphatic carbocycles. The van der Waals surface area contributed by atoms with Gasteiger partial charge in [-0.15, -0.1) is 0 Å². The van der Waals surface area contributed by atoms with E-state index in [4.69, 9.17) is 3.80 Å². The zero-order chi connectivity index (χ0) is 2.71. The van der Waals surface area contributed by atoms with Gasteiger partial charge in [0.05, 0.1) is 0 Å². The molecule has 0 aliphatic rings. The Morgan fingerprint density at radius 1 is 1.75 bits per heavy atom. The van der Waals surface area contributed by atoms with Crippen molar-refractivity contribution in [3.63, 3.8) is 0 Å². The Labute approximate surface area is 60.0 Å². The van der Waals surface area contributed by atoms with Crippen LogP contribution in [0.5, 0.6) is 0 Å². The molecule has 0 spiro atoms. The van der Waals surface area contributed by atoms with E-state index in [0.29, 0.717) is 0 Å². The van der Waals surface area contributed by atoms with E-state index in [1.54, 1.807) is 0 Å². The van der Waals surface area contributed by atoms with Gasteiger partial charge in [-0.1, -0.05) is 0 Å². The molecule has 4 heavy (non-hydrogen) atoms. The van der Waals surface area contributed by atoms with Crippen LogP contribution in [0.2, 0.25) is 0 Å². The second-order valence-electron chi connectivity index (χ2n) is 0.0891. The number of hydrogen-bond donors (Lipinski definition) is 0. The van der Waals surface area contributed by atoms with Gasteiger partial charge in [0.15, 0.2) is 0 Å². The van der Waals surface area contributed by atoms with Gasteiger partial charge in [0.2, 0.25) is 0 Å². The van der Waals surface area contributed by atoms with Crippen molar-refractivity contribution in [1.29, 1.82) is 0 Å². The van der Waals surface area contributed by atoms with E-state index in [0.717, 1.165) is 0 Å². The normalized spacial score (nSPS) is 2.25. The first-order valence-corrected chi connectivity index (χ1v) is 1.36. The Hall–Kier alpha value is 1.52. The molecule has 0 unspecified atom stereocenters. The zero-order valence-electron chi connectivity index (χ0n) is 1.36. The molecule has 0 rings (SSSR count). The van der Waals surface area contributed by atoms with E-state index < -0.39 is 15.6 Å². The van der Waals surface area contributed by atoms with Crippen LogP contribution in [0, 0.1) is 0 Å². The fraction of sp³-hybridized carbons (Fsp3) is 0. The third-order valence-corrected chi connectivity index (χ3v) is 0. The molecule has 0 aliphatic heterocycles. The Bertz CT molecular complexity index is 15.5. The fourth-order valence-electron chi connectivity index (χ4n) is 0. The molecule has 0 radical (unpaired) electrons. The molecule has 4 heteroatoms. The van der Waals surface area contributed by atoms with E-state index in [1.807, 2.05) is 0 Å². The molecule has 0 aromatic rings. The van der Waals surface area contributed by atoms with Gasteiger partial charge in [-0.3, -0.25) is 0 Å². The van der Waals surface area contributed by atoms with Gasteiger partial charge in [0.1, 0.15) is 0 Å². The van der Waals surface area contributed by atoms with Crippen LogP contribution in [0.3, 0.4) is 0 Å². The SMILES string of the molecule is [CaH2].[O]=[Al][F]. The van der Waals surface area contributed by atoms with Crippen LogP contribution >= 0.6 is 0 Å². The fourth-order valence-corrected chi connectivity index (χ4v) is 0. The van der Waals surface area contributed by atoms with Crippen molar-refractivity contribution in [1.82, 2.24) is 0 Å². The third-order valence-electron chi connectivity index (χ3n) is 0. The van der Waals surface area contributed by atoms with Gasteiger partial charge in [-0.05, 0) is 0 Å². The first kappa shape index (κ1) is 9.10. The summed E-state index contributed by atoms with van der Waals surface area (Å²) in [7, 11) is 0. The predicted octanol–water partition coefficient (Wildman–Crippen LogP) is -0.996. The molecule has 0 aromatic heterocycles. The summed E-state index contributed by atoms with van der Waals surface area (Å²) in [5.74, 6) is 0. The monoisotopic (exact) mass is 104 g/mol. The molecule has 0 fully saturated rings. The second kappa shape index (κ2) is 8.82. The van der Waals surface area contributed by atoms with Gasteiger partial charge in [0.25, 0.3) is 0 Å². The van der Waals surface area contributed by atoms with Crippen molar-refractivity contribution in [2.45, 2.75) is 0 Å². The van der Waals surface area contributed by atoms with Crippen LogP contribution in [0.1, 0.15) is 0 Å². The summed E-state index contributed by atoms with van der Waals surface area (Å²) < 4.78 is 18.2. The number of halogens is 1. The van der Waals surface area contributed by atoms with Crippen LogP contribution in [0.4, 0.5) is 3.52 Å². The summed E-state index contributed by atoms with van der Waals surface area (Å²) in [5.41, 5.74) is 0. The summed E-state index contributed by atoms with van der Waals surface area (Å²) >= 11 is -2.00. The molecule has 0 heterocycles. The Morgan fingerprint density at radius 2 is 1.75 bits per heavy atom. The molecule has 1 nitrogen and oxygen atoms in total. The van der Waals surface area contributed by atoms with Gasteiger partial charge in [0, 0.05) is 0 Å². The predicted molar refractivity (Wildman–Crippen MR) is 16.1 cm³/mol. The molecule has 0 atom stereocenters. The minimum atomic E-state index is -2.00. The Balaban J connectivity index is 0. The van der Waals surface area contributed by atoms with Crippen LogP contribution < -0.4 is 0 Å². The van der Waals surface area contributed by atoms with Gasteiger partial charge < -0.3 is 0 Å². The van der Waals surface area contributed by atoms with Crippen molar-refractivity contribution >= 4 is 53.4 Å². The van der Waals surface area contributed by atoms with E-state index in [2.05, 4.69) is 0 Å². The van der Waals surface area contributed by atoms with Crippen LogP contribution in [-0.4, -0.2) is 53.4 Å². The Morgan fingerprint density at radius 3 is 1.75 bits per heavy atom. The van der Waals surface area contributed by atoms with Crippen molar-refractivity contribution in [3.05, 3.63) is 0 Å². The first-order valence-electron chi connectivity index (χ1n) is 0.454. The minimum absolute atomic E-state index is 0. The van der Waals surface area contributed by atoms with Crippen molar-refractivity contribution in [2.24, 2.45) is 0 Å². The van der Waals surface area contributed by atoms with Crippen LogP contribution in [0.25, 0.3) is 0 Å². The molecule has 0 saturated carbocycles. The summed E-state index contributed by atoms with van der Waals surface area (Å²) in [6.07, 6.45) is 0. The first-order chi connectivity index (χ1) is 1.41. The molecule has 0 bridgehead atoms. The van der Waals surface area contributed by atoms with E-state index in [1.165, 1.54) is 0 Å². The molecular formula is H2AlCaFO. The maximum atomic E-state index is 9.82. The average Bonchev–Trinajstić information content (AvgIpc) is 0.918. The zero-order valence-corrected chi connectivity index (χ0v) is 2.52. The van der Waals surface area contributed by atoms with E-state index in [-0.39, 0.29) is 37.7 Å².